The zero-order chi connectivity index (χ0) is 35.0. The Kier molecular flexibility index (Phi) is 8.44. The molecule has 2 aliphatic rings. The molecule has 2 fully saturated rings. The van der Waals surface area contributed by atoms with Gasteiger partial charge in [0, 0.05) is 5.56 Å². The van der Waals surface area contributed by atoms with E-state index in [1.165, 1.54) is 0 Å². The first-order valence-corrected chi connectivity index (χ1v) is 16.5. The number of aliphatic hydroxyl groups is 1. The lowest BCUT2D eigenvalue weighted by molar-refractivity contribution is -0.347. The molecule has 4 aromatic carbocycles. The van der Waals surface area contributed by atoms with E-state index in [9.17, 15) is 9.90 Å². The van der Waals surface area contributed by atoms with Crippen LogP contribution in [0.3, 0.4) is 0 Å². The summed E-state index contributed by atoms with van der Waals surface area (Å²) in [7, 11) is 3.25. The van der Waals surface area contributed by atoms with E-state index in [1.807, 2.05) is 84.9 Å². The number of carbonyl (C=O) groups excluding carboxylic acids is 1. The van der Waals surface area contributed by atoms with Gasteiger partial charge in [0.25, 0.3) is 5.91 Å². The Morgan fingerprint density at radius 1 is 0.902 bits per heavy atom. The van der Waals surface area contributed by atoms with Gasteiger partial charge in [-0.25, -0.2) is 4.98 Å². The number of hydrogen-bond acceptors (Lipinski definition) is 9. The number of nitrogens with zero attached hydrogens (tertiary/aromatic N) is 2. The van der Waals surface area contributed by atoms with Crippen molar-refractivity contribution >= 4 is 22.9 Å². The third-order valence-electron chi connectivity index (χ3n) is 9.61. The molecule has 51 heavy (non-hydrogen) atoms. The molecule has 12 nitrogen and oxygen atoms in total. The Bertz CT molecular complexity index is 2100. The highest BCUT2D eigenvalue weighted by Crippen LogP contribution is 2.49. The molecule has 0 spiro atoms. The van der Waals surface area contributed by atoms with Gasteiger partial charge in [-0.1, -0.05) is 77.8 Å². The molecule has 12 heteroatoms. The van der Waals surface area contributed by atoms with Gasteiger partial charge in [-0.15, -0.1) is 0 Å². The van der Waals surface area contributed by atoms with Crippen LogP contribution >= 0.6 is 0 Å². The van der Waals surface area contributed by atoms with E-state index in [1.54, 1.807) is 44.8 Å². The Balaban J connectivity index is 1.15. The van der Waals surface area contributed by atoms with Gasteiger partial charge in [-0.3, -0.25) is 9.78 Å². The minimum atomic E-state index is -1.26. The van der Waals surface area contributed by atoms with Crippen LogP contribution in [-0.2, 0) is 19.8 Å². The summed E-state index contributed by atoms with van der Waals surface area (Å²) in [5, 5.41) is 14.7. The fraction of sp³-hybridized carbons (Fsp3) is 0.231. The van der Waals surface area contributed by atoms with Crippen molar-refractivity contribution < 1.29 is 38.6 Å². The number of carbonyl (C=O) groups is 1. The second kappa shape index (κ2) is 13.2. The zero-order valence-electron chi connectivity index (χ0n) is 27.9. The molecule has 2 bridgehead atoms. The molecular formula is C39H36N5O7+. The number of methoxy groups -OCH3 is 2. The van der Waals surface area contributed by atoms with Gasteiger partial charge < -0.3 is 34.1 Å². The van der Waals surface area contributed by atoms with E-state index in [-0.39, 0.29) is 30.8 Å². The van der Waals surface area contributed by atoms with E-state index in [2.05, 4.69) is 15.3 Å². The van der Waals surface area contributed by atoms with Gasteiger partial charge >= 0.3 is 5.65 Å². The Morgan fingerprint density at radius 2 is 1.51 bits per heavy atom. The molecule has 258 valence electrons. The summed E-state index contributed by atoms with van der Waals surface area (Å²) < 4.78 is 31.0. The molecule has 2 aromatic heterocycles. The second-order valence-electron chi connectivity index (χ2n) is 12.5. The van der Waals surface area contributed by atoms with Crippen molar-refractivity contribution in [2.75, 3.05) is 32.8 Å². The van der Waals surface area contributed by atoms with Crippen LogP contribution in [0.4, 0.5) is 5.82 Å². The monoisotopic (exact) mass is 686 g/mol. The maximum absolute atomic E-state index is 13.1. The predicted molar refractivity (Wildman–Crippen MR) is 185 cm³/mol. The number of aliphatic hydroxyl groups excluding tert-OH is 1. The molecule has 2 saturated heterocycles. The quantitative estimate of drug-likeness (QED) is 0.166. The summed E-state index contributed by atoms with van der Waals surface area (Å²) in [6.45, 7) is 0.0335. The smallest absolute Gasteiger partial charge is 0.305 e. The second-order valence-corrected chi connectivity index (χ2v) is 12.5. The van der Waals surface area contributed by atoms with E-state index in [0.29, 0.717) is 28.2 Å². The predicted octanol–water partition coefficient (Wildman–Crippen LogP) is 4.62. The van der Waals surface area contributed by atoms with Crippen LogP contribution in [-0.4, -0.2) is 71.2 Å². The molecule has 1 amide bonds. The van der Waals surface area contributed by atoms with Crippen molar-refractivity contribution in [3.63, 3.8) is 0 Å². The van der Waals surface area contributed by atoms with Crippen molar-refractivity contribution in [2.45, 2.75) is 29.5 Å². The van der Waals surface area contributed by atoms with Crippen LogP contribution in [0.2, 0.25) is 0 Å². The van der Waals surface area contributed by atoms with Crippen LogP contribution in [0.5, 0.6) is 11.5 Å². The van der Waals surface area contributed by atoms with Crippen LogP contribution in [0.15, 0.2) is 116 Å². The lowest BCUT2D eigenvalue weighted by Crippen LogP contribution is -2.48. The summed E-state index contributed by atoms with van der Waals surface area (Å²) in [6.07, 6.45) is -1.11. The van der Waals surface area contributed by atoms with Gasteiger partial charge in [-0.2, -0.15) is 4.98 Å². The standard InChI is InChI=1S/C39H35N5O7/c1-47-28-17-13-26(14-18-28)39(25-11-7-4-8-12-25,27-15-19-29(48-2)20-16-27)50-22-38-21-49-31(33(38)45)32(51-38)36-42-34-30(40-23-41-34)35(43-36)44-37(46)24-9-5-3-6-10-24/h3-20,23,31-33,45H,21-22H2,1-2H3,(H2,40,41,42,43,44,46)/p+1/t31-,32-,33-,38+/m0/s1. The number of fused-ring (bicyclic) bond motifs is 3. The van der Waals surface area contributed by atoms with Crippen molar-refractivity contribution in [1.29, 1.82) is 0 Å². The Hall–Kier alpha value is -5.66. The summed E-state index contributed by atoms with van der Waals surface area (Å²) >= 11 is 0. The highest BCUT2D eigenvalue weighted by molar-refractivity contribution is 6.06. The SMILES string of the molecule is COc1ccc(C(OC[C@@]23CO[C@@H]([C@@H](c4nc(NC(=O)c5ccccc5)c5[nH]c[nH+]c5n4)O2)[C@@H]3O)(c2ccccc2)c2ccc(OC)cc2)cc1. The fourth-order valence-electron chi connectivity index (χ4n) is 6.94. The first-order chi connectivity index (χ1) is 24.9. The largest absolute Gasteiger partial charge is 0.497 e. The number of nitrogens with one attached hydrogen (secondary N) is 3. The normalized spacial score (nSPS) is 21.1. The maximum Gasteiger partial charge on any atom is 0.305 e. The van der Waals surface area contributed by atoms with E-state index in [4.69, 9.17) is 33.7 Å². The number of imidazole rings is 1. The summed E-state index contributed by atoms with van der Waals surface area (Å²) in [5.41, 5.74) is 1.58. The third kappa shape index (κ3) is 5.68. The molecule has 2 aliphatic heterocycles. The molecule has 0 radical (unpaired) electrons. The molecule has 6 aromatic rings. The van der Waals surface area contributed by atoms with Crippen molar-refractivity contribution in [2.24, 2.45) is 0 Å². The van der Waals surface area contributed by atoms with E-state index >= 15 is 0 Å². The molecule has 0 unspecified atom stereocenters. The lowest BCUT2D eigenvalue weighted by Gasteiger charge is -2.39. The number of hydrogen-bond donors (Lipinski definition) is 3. The average molecular weight is 687 g/mol. The average Bonchev–Trinajstić information content (AvgIpc) is 3.88. The van der Waals surface area contributed by atoms with Gasteiger partial charge in [-0.05, 0) is 53.1 Å². The topological polar surface area (TPSA) is 151 Å². The van der Waals surface area contributed by atoms with Crippen molar-refractivity contribution in [1.82, 2.24) is 15.0 Å². The summed E-state index contributed by atoms with van der Waals surface area (Å²) in [6, 6.07) is 34.2. The first kappa shape index (κ1) is 32.5. The molecule has 4 atom stereocenters. The van der Waals surface area contributed by atoms with Crippen LogP contribution in [0.25, 0.3) is 11.2 Å². The molecule has 4 heterocycles. The lowest BCUT2D eigenvalue weighted by atomic mass is 9.79. The zero-order valence-corrected chi connectivity index (χ0v) is 27.9. The van der Waals surface area contributed by atoms with Gasteiger partial charge in [0.2, 0.25) is 11.3 Å². The van der Waals surface area contributed by atoms with E-state index < -0.39 is 29.5 Å². The third-order valence-corrected chi connectivity index (χ3v) is 9.61. The Morgan fingerprint density at radius 3 is 2.14 bits per heavy atom. The fourth-order valence-corrected chi connectivity index (χ4v) is 6.94. The van der Waals surface area contributed by atoms with Gasteiger partial charge in [0.05, 0.1) is 27.4 Å². The number of ether oxygens (including phenoxy) is 5. The van der Waals surface area contributed by atoms with Crippen LogP contribution in [0, 0.1) is 0 Å². The molecule has 4 N–H and O–H groups in total. The molecule has 0 aliphatic carbocycles. The molecular weight excluding hydrogens is 650 g/mol. The highest BCUT2D eigenvalue weighted by Gasteiger charge is 2.64. The number of aromatic nitrogens is 4. The minimum Gasteiger partial charge on any atom is -0.497 e. The van der Waals surface area contributed by atoms with Crippen molar-refractivity contribution in [3.8, 4) is 11.5 Å². The maximum atomic E-state index is 13.1. The number of rotatable bonds is 11. The molecule has 0 saturated carbocycles. The summed E-state index contributed by atoms with van der Waals surface area (Å²) in [5.74, 6) is 1.58. The molecule has 8 rings (SSSR count). The number of H-pyrrole nitrogens is 2. The number of amides is 1. The van der Waals surface area contributed by atoms with E-state index in [0.717, 1.165) is 16.7 Å². The van der Waals surface area contributed by atoms with Crippen LogP contribution < -0.4 is 19.8 Å². The number of benzene rings is 4. The first-order valence-electron chi connectivity index (χ1n) is 16.5. The van der Waals surface area contributed by atoms with Gasteiger partial charge in [0.15, 0.2) is 18.2 Å². The van der Waals surface area contributed by atoms with Crippen molar-refractivity contribution in [3.05, 3.63) is 144 Å². The highest BCUT2D eigenvalue weighted by atomic mass is 16.7. The summed E-state index contributed by atoms with van der Waals surface area (Å²) in [4.78, 5) is 28.6. The van der Waals surface area contributed by atoms with Crippen LogP contribution in [0.1, 0.15) is 39.0 Å². The minimum absolute atomic E-state index is 0.0513. The Labute approximate surface area is 293 Å². The number of anilines is 1. The van der Waals surface area contributed by atoms with Gasteiger partial charge in [0.1, 0.15) is 34.9 Å². The number of aromatic amines is 2.